The van der Waals surface area contributed by atoms with E-state index in [4.69, 9.17) is 11.6 Å². The minimum absolute atomic E-state index is 0.0393. The van der Waals surface area contributed by atoms with E-state index in [2.05, 4.69) is 9.71 Å². The van der Waals surface area contributed by atoms with Crippen molar-refractivity contribution < 1.29 is 13.2 Å². The molecule has 1 heterocycles. The number of carbonyl (C=O) groups excluding carboxylic acids is 1. The van der Waals surface area contributed by atoms with Gasteiger partial charge in [0.25, 0.3) is 10.0 Å². The number of amides is 1. The summed E-state index contributed by atoms with van der Waals surface area (Å²) >= 11 is 6.08. The predicted molar refractivity (Wildman–Crippen MR) is 117 cm³/mol. The molecule has 3 rings (SSSR count). The first kappa shape index (κ1) is 21.1. The molecule has 2 aromatic rings. The van der Waals surface area contributed by atoms with Crippen LogP contribution in [0.5, 0.6) is 0 Å². The van der Waals surface area contributed by atoms with E-state index >= 15 is 0 Å². The van der Waals surface area contributed by atoms with Crippen molar-refractivity contribution in [3.05, 3.63) is 64.7 Å². The largest absolute Gasteiger partial charge is 0.362 e. The first-order chi connectivity index (χ1) is 13.7. The van der Waals surface area contributed by atoms with Gasteiger partial charge >= 0.3 is 0 Å². The molecule has 0 aliphatic carbocycles. The molecule has 0 bridgehead atoms. The summed E-state index contributed by atoms with van der Waals surface area (Å²) in [5.41, 5.74) is 2.13. The number of anilines is 1. The lowest BCUT2D eigenvalue weighted by Crippen LogP contribution is -2.20. The van der Waals surface area contributed by atoms with Crippen LogP contribution in [-0.2, 0) is 14.8 Å². The van der Waals surface area contributed by atoms with E-state index in [-0.39, 0.29) is 10.8 Å². The van der Waals surface area contributed by atoms with Crippen LogP contribution in [0.2, 0.25) is 5.02 Å². The van der Waals surface area contributed by atoms with Gasteiger partial charge in [-0.3, -0.25) is 4.79 Å². The molecule has 1 N–H and O–H groups in total. The molecule has 29 heavy (non-hydrogen) atoms. The second-order valence-electron chi connectivity index (χ2n) is 6.87. The molecule has 1 fully saturated rings. The van der Waals surface area contributed by atoms with Gasteiger partial charge in [0, 0.05) is 36.8 Å². The van der Waals surface area contributed by atoms with Crippen LogP contribution >= 0.6 is 11.6 Å². The summed E-state index contributed by atoms with van der Waals surface area (Å²) < 4.78 is 29.1. The first-order valence-electron chi connectivity index (χ1n) is 9.15. The summed E-state index contributed by atoms with van der Waals surface area (Å²) in [7, 11) is -2.01. The zero-order chi connectivity index (χ0) is 21.0. The highest BCUT2D eigenvalue weighted by atomic mass is 35.5. The summed E-state index contributed by atoms with van der Waals surface area (Å²) in [6.07, 6.45) is 4.54. The zero-order valence-corrected chi connectivity index (χ0v) is 17.8. The van der Waals surface area contributed by atoms with Gasteiger partial charge in [0.05, 0.1) is 4.90 Å². The second-order valence-corrected chi connectivity index (χ2v) is 8.88. The maximum atomic E-state index is 12.6. The molecule has 2 aromatic carbocycles. The quantitative estimate of drug-likeness (QED) is 0.722. The highest BCUT2D eigenvalue weighted by Crippen LogP contribution is 2.21. The average Bonchev–Trinajstić information content (AvgIpc) is 3.07. The number of rotatable bonds is 5. The van der Waals surface area contributed by atoms with Crippen molar-refractivity contribution in [1.29, 1.82) is 0 Å². The summed E-state index contributed by atoms with van der Waals surface area (Å²) in [5.74, 6) is 0.178. The third-order valence-corrected chi connectivity index (χ3v) is 6.29. The van der Waals surface area contributed by atoms with Gasteiger partial charge in [0.1, 0.15) is 5.84 Å². The minimum atomic E-state index is -3.84. The van der Waals surface area contributed by atoms with E-state index in [1.165, 1.54) is 18.2 Å². The van der Waals surface area contributed by atoms with Gasteiger partial charge < -0.3 is 10.2 Å². The Kier molecular flexibility index (Phi) is 6.39. The fourth-order valence-corrected chi connectivity index (χ4v) is 4.23. The number of aryl methyl sites for hydroxylation is 1. The van der Waals surface area contributed by atoms with Gasteiger partial charge in [0.2, 0.25) is 5.91 Å². The Morgan fingerprint density at radius 2 is 2.03 bits per heavy atom. The number of hydrogen-bond donors (Lipinski definition) is 1. The van der Waals surface area contributed by atoms with Crippen molar-refractivity contribution in [2.75, 3.05) is 18.9 Å². The molecule has 152 valence electrons. The normalized spacial score (nSPS) is 16.0. The van der Waals surface area contributed by atoms with E-state index in [1.54, 1.807) is 24.3 Å². The third kappa shape index (κ3) is 5.46. The van der Waals surface area contributed by atoms with Crippen molar-refractivity contribution in [3.8, 4) is 0 Å². The van der Waals surface area contributed by atoms with Crippen molar-refractivity contribution in [3.63, 3.8) is 0 Å². The Balaban J connectivity index is 1.73. The fourth-order valence-electron chi connectivity index (χ4n) is 2.90. The van der Waals surface area contributed by atoms with Crippen molar-refractivity contribution in [2.24, 2.45) is 4.40 Å². The lowest BCUT2D eigenvalue weighted by atomic mass is 10.1. The maximum Gasteiger partial charge on any atom is 0.284 e. The standard InChI is InChI=1S/C21H22ClN3O3S/c1-15-8-9-16(13-19(15)22)10-11-21(26)23-17-5-3-6-18(14-17)29(27,28)24-20-7-4-12-25(20)2/h3,5-6,8-11,13-14H,4,7,12H2,1-2H3,(H,23,26)/b11-10+,24-20+. The number of sulfonamides is 1. The Morgan fingerprint density at radius 3 is 2.72 bits per heavy atom. The Bertz CT molecular complexity index is 1090. The van der Waals surface area contributed by atoms with Gasteiger partial charge in [-0.2, -0.15) is 8.42 Å². The van der Waals surface area contributed by atoms with Gasteiger partial charge in [0.15, 0.2) is 0 Å². The summed E-state index contributed by atoms with van der Waals surface area (Å²) in [4.78, 5) is 14.1. The number of carbonyl (C=O) groups is 1. The van der Waals surface area contributed by atoms with E-state index in [0.29, 0.717) is 23.0 Å². The first-order valence-corrected chi connectivity index (χ1v) is 11.0. The van der Waals surface area contributed by atoms with Crippen LogP contribution in [0.25, 0.3) is 6.08 Å². The second kappa shape index (κ2) is 8.80. The number of hydrogen-bond acceptors (Lipinski definition) is 3. The van der Waals surface area contributed by atoms with Crippen LogP contribution in [0.1, 0.15) is 24.0 Å². The number of halogens is 1. The molecule has 6 nitrogen and oxygen atoms in total. The molecule has 0 spiro atoms. The molecular weight excluding hydrogens is 410 g/mol. The smallest absolute Gasteiger partial charge is 0.284 e. The van der Waals surface area contributed by atoms with Gasteiger partial charge in [-0.1, -0.05) is 29.8 Å². The molecule has 8 heteroatoms. The Morgan fingerprint density at radius 1 is 1.24 bits per heavy atom. The number of nitrogens with zero attached hydrogens (tertiary/aromatic N) is 2. The van der Waals surface area contributed by atoms with E-state index in [9.17, 15) is 13.2 Å². The molecule has 1 saturated heterocycles. The van der Waals surface area contributed by atoms with Gasteiger partial charge in [-0.05, 0) is 54.8 Å². The van der Waals surface area contributed by atoms with Gasteiger partial charge in [-0.25, -0.2) is 0 Å². The van der Waals surface area contributed by atoms with E-state index < -0.39 is 10.0 Å². The number of benzene rings is 2. The lowest BCUT2D eigenvalue weighted by Gasteiger charge is -2.11. The topological polar surface area (TPSA) is 78.8 Å². The zero-order valence-electron chi connectivity index (χ0n) is 16.2. The van der Waals surface area contributed by atoms with Crippen LogP contribution in [0.3, 0.4) is 0 Å². The molecule has 0 aromatic heterocycles. The van der Waals surface area contributed by atoms with Crippen LogP contribution in [0.4, 0.5) is 5.69 Å². The molecule has 0 saturated carbocycles. The predicted octanol–water partition coefficient (Wildman–Crippen LogP) is 4.11. The third-order valence-electron chi connectivity index (χ3n) is 4.58. The molecule has 0 radical (unpaired) electrons. The highest BCUT2D eigenvalue weighted by Gasteiger charge is 2.20. The molecule has 1 aliphatic heterocycles. The molecule has 1 amide bonds. The number of amidine groups is 1. The van der Waals surface area contributed by atoms with Crippen molar-refractivity contribution in [1.82, 2.24) is 4.90 Å². The SMILES string of the molecule is Cc1ccc(/C=C/C(=O)Nc2cccc(S(=O)(=O)/N=C3\CCCN3C)c2)cc1Cl. The molecular formula is C21H22ClN3O3S. The summed E-state index contributed by atoms with van der Waals surface area (Å²) in [6, 6.07) is 11.6. The fraction of sp³-hybridized carbons (Fsp3) is 0.238. The lowest BCUT2D eigenvalue weighted by molar-refractivity contribution is -0.111. The highest BCUT2D eigenvalue weighted by molar-refractivity contribution is 7.90. The number of nitrogens with one attached hydrogen (secondary N) is 1. The van der Waals surface area contributed by atoms with Crippen LogP contribution < -0.4 is 5.32 Å². The monoisotopic (exact) mass is 431 g/mol. The van der Waals surface area contributed by atoms with Gasteiger partial charge in [-0.15, -0.1) is 4.40 Å². The van der Waals surface area contributed by atoms with Crippen LogP contribution in [0.15, 0.2) is 57.8 Å². The minimum Gasteiger partial charge on any atom is -0.362 e. The summed E-state index contributed by atoms with van der Waals surface area (Å²) in [5, 5.41) is 3.30. The Labute approximate surface area is 176 Å². The van der Waals surface area contributed by atoms with Crippen molar-refractivity contribution in [2.45, 2.75) is 24.7 Å². The van der Waals surface area contributed by atoms with Crippen LogP contribution in [-0.4, -0.2) is 38.7 Å². The molecule has 0 atom stereocenters. The summed E-state index contributed by atoms with van der Waals surface area (Å²) in [6.45, 7) is 2.70. The Hall–Kier alpha value is -2.64. The maximum absolute atomic E-state index is 12.6. The molecule has 0 unspecified atom stereocenters. The molecule has 1 aliphatic rings. The van der Waals surface area contributed by atoms with Crippen LogP contribution in [0, 0.1) is 6.92 Å². The van der Waals surface area contributed by atoms with E-state index in [0.717, 1.165) is 24.1 Å². The van der Waals surface area contributed by atoms with E-state index in [1.807, 2.05) is 31.0 Å². The number of likely N-dealkylation sites (tertiary alicyclic amines) is 1. The average molecular weight is 432 g/mol. The van der Waals surface area contributed by atoms with Crippen molar-refractivity contribution >= 4 is 45.1 Å².